The summed E-state index contributed by atoms with van der Waals surface area (Å²) in [5.41, 5.74) is 1.73. The number of benzene rings is 1. The van der Waals surface area contributed by atoms with Gasteiger partial charge in [-0.2, -0.15) is 5.26 Å². The van der Waals surface area contributed by atoms with Crippen LogP contribution in [-0.4, -0.2) is 52.8 Å². The summed E-state index contributed by atoms with van der Waals surface area (Å²) < 4.78 is 2.13. The minimum absolute atomic E-state index is 0.138. The van der Waals surface area contributed by atoms with Gasteiger partial charge in [0.1, 0.15) is 15.3 Å². The third-order valence-electron chi connectivity index (χ3n) is 5.67. The van der Waals surface area contributed by atoms with Crippen molar-refractivity contribution >= 4 is 34.7 Å². The fraction of sp³-hybridized carbons (Fsp3) is 0.458. The quantitative estimate of drug-likeness (QED) is 0.496. The van der Waals surface area contributed by atoms with Crippen LogP contribution in [0, 0.1) is 11.3 Å². The van der Waals surface area contributed by atoms with Crippen LogP contribution in [0.3, 0.4) is 0 Å². The van der Waals surface area contributed by atoms with Gasteiger partial charge in [-0.05, 0) is 63.9 Å². The van der Waals surface area contributed by atoms with E-state index in [1.807, 2.05) is 18.2 Å². The number of likely N-dealkylation sites (tertiary alicyclic amines) is 1. The van der Waals surface area contributed by atoms with Gasteiger partial charge in [0, 0.05) is 31.0 Å². The Labute approximate surface area is 197 Å². The van der Waals surface area contributed by atoms with E-state index >= 15 is 0 Å². The molecule has 176 valence electrons. The molecule has 0 spiro atoms. The van der Waals surface area contributed by atoms with Crippen molar-refractivity contribution in [2.24, 2.45) is 0 Å². The second kappa shape index (κ2) is 11.8. The maximum absolute atomic E-state index is 12.8. The van der Waals surface area contributed by atoms with Crippen molar-refractivity contribution in [3.05, 3.63) is 49.4 Å². The molecule has 8 nitrogen and oxygen atoms in total. The number of rotatable bonds is 9. The first-order valence-corrected chi connectivity index (χ1v) is 12.1. The number of hydrogen-bond acceptors (Lipinski definition) is 7. The number of anilines is 1. The topological polar surface area (TPSA) is 110 Å². The molecule has 1 saturated heterocycles. The van der Waals surface area contributed by atoms with Gasteiger partial charge in [-0.25, -0.2) is 0 Å². The number of carbonyl (C=O) groups is 1. The van der Waals surface area contributed by atoms with Gasteiger partial charge in [-0.3, -0.25) is 14.2 Å². The highest BCUT2D eigenvalue weighted by molar-refractivity contribution is 7.07. The molecule has 0 saturated carbocycles. The van der Waals surface area contributed by atoms with E-state index in [2.05, 4.69) is 27.7 Å². The number of aromatic nitrogens is 1. The zero-order valence-corrected chi connectivity index (χ0v) is 20.0. The van der Waals surface area contributed by atoms with Crippen LogP contribution in [0.4, 0.5) is 5.69 Å². The Bertz CT molecular complexity index is 1170. The lowest BCUT2D eigenvalue weighted by Crippen LogP contribution is -2.38. The monoisotopic (exact) mass is 469 g/mol. The van der Waals surface area contributed by atoms with E-state index in [0.29, 0.717) is 15.7 Å². The Morgan fingerprint density at radius 1 is 1.30 bits per heavy atom. The molecule has 3 N–H and O–H groups in total. The Hall–Kier alpha value is -2.93. The first-order chi connectivity index (χ1) is 16.0. The minimum atomic E-state index is -0.605. The third kappa shape index (κ3) is 6.32. The highest BCUT2D eigenvalue weighted by Crippen LogP contribution is 2.12. The number of aliphatic hydroxyl groups is 1. The number of hydrogen-bond donors (Lipinski definition) is 3. The molecule has 0 aliphatic carbocycles. The zero-order valence-electron chi connectivity index (χ0n) is 19.1. The number of thiazole rings is 1. The molecule has 1 aromatic heterocycles. The van der Waals surface area contributed by atoms with E-state index in [9.17, 15) is 14.9 Å². The standard InChI is InChI=1S/C24H31N5O3S/c1-3-29-23(32)21(33-24(29)20(14-25)22(31)27-17(2)16-30)15-26-19-8-6-18(7-9-19)10-13-28-11-4-5-12-28/h6-9,15,17,26,30H,3-5,10-13,16H2,1-2H3,(H,27,31)/b21-15+,24-20-/t17-/m0/s1. The minimum Gasteiger partial charge on any atom is -0.394 e. The molecule has 0 radical (unpaired) electrons. The van der Waals surface area contributed by atoms with Gasteiger partial charge in [0.25, 0.3) is 11.5 Å². The van der Waals surface area contributed by atoms with Crippen LogP contribution in [0.2, 0.25) is 0 Å². The lowest BCUT2D eigenvalue weighted by molar-refractivity contribution is -0.116. The van der Waals surface area contributed by atoms with Gasteiger partial charge < -0.3 is 20.6 Å². The molecular weight excluding hydrogens is 438 g/mol. The average molecular weight is 470 g/mol. The van der Waals surface area contributed by atoms with Crippen molar-refractivity contribution in [2.75, 3.05) is 31.6 Å². The fourth-order valence-corrected chi connectivity index (χ4v) is 4.83. The number of aliphatic hydroxyl groups excluding tert-OH is 1. The molecular formula is C24H31N5O3S. The summed E-state index contributed by atoms with van der Waals surface area (Å²) in [6, 6.07) is 9.57. The molecule has 0 bridgehead atoms. The maximum Gasteiger partial charge on any atom is 0.270 e. The molecule has 3 rings (SSSR count). The van der Waals surface area contributed by atoms with Gasteiger partial charge in [-0.15, -0.1) is 11.3 Å². The second-order valence-electron chi connectivity index (χ2n) is 8.15. The number of nitriles is 1. The summed E-state index contributed by atoms with van der Waals surface area (Å²) >= 11 is 1.10. The number of carbonyl (C=O) groups excluding carboxylic acids is 1. The van der Waals surface area contributed by atoms with Crippen LogP contribution >= 0.6 is 11.3 Å². The van der Waals surface area contributed by atoms with Crippen molar-refractivity contribution in [3.63, 3.8) is 0 Å². The van der Waals surface area contributed by atoms with Crippen LogP contribution in [0.25, 0.3) is 11.8 Å². The molecule has 33 heavy (non-hydrogen) atoms. The van der Waals surface area contributed by atoms with Crippen molar-refractivity contribution in [3.8, 4) is 6.07 Å². The Morgan fingerprint density at radius 2 is 2.00 bits per heavy atom. The molecule has 1 amide bonds. The Morgan fingerprint density at radius 3 is 2.61 bits per heavy atom. The molecule has 1 aromatic carbocycles. The van der Waals surface area contributed by atoms with Crippen LogP contribution < -0.4 is 25.4 Å². The average Bonchev–Trinajstić information content (AvgIpc) is 3.45. The van der Waals surface area contributed by atoms with Crippen molar-refractivity contribution in [2.45, 2.75) is 45.7 Å². The molecule has 9 heteroatoms. The van der Waals surface area contributed by atoms with Crippen molar-refractivity contribution in [1.82, 2.24) is 14.8 Å². The molecule has 1 aliphatic heterocycles. The first kappa shape index (κ1) is 24.7. The van der Waals surface area contributed by atoms with Crippen LogP contribution in [0.5, 0.6) is 0 Å². The normalized spacial score (nSPS) is 16.4. The number of nitrogens with one attached hydrogen (secondary N) is 2. The van der Waals surface area contributed by atoms with Crippen molar-refractivity contribution < 1.29 is 9.90 Å². The van der Waals surface area contributed by atoms with Gasteiger partial charge in [-0.1, -0.05) is 12.1 Å². The van der Waals surface area contributed by atoms with Crippen LogP contribution in [-0.2, 0) is 17.8 Å². The second-order valence-corrected chi connectivity index (χ2v) is 9.18. The molecule has 1 fully saturated rings. The SMILES string of the molecule is CCn1c(=O)/c(=C\Nc2ccc(CCN3CCCC3)cc2)s/c1=C(/C#N)C(=O)N[C@@H](C)CO. The summed E-state index contributed by atoms with van der Waals surface area (Å²) in [4.78, 5) is 27.8. The summed E-state index contributed by atoms with van der Waals surface area (Å²) in [6.45, 7) is 6.98. The van der Waals surface area contributed by atoms with Crippen LogP contribution in [0.15, 0.2) is 29.1 Å². The van der Waals surface area contributed by atoms with E-state index in [4.69, 9.17) is 5.11 Å². The summed E-state index contributed by atoms with van der Waals surface area (Å²) in [7, 11) is 0. The maximum atomic E-state index is 12.8. The summed E-state index contributed by atoms with van der Waals surface area (Å²) in [5, 5.41) is 24.4. The number of amides is 1. The zero-order chi connectivity index (χ0) is 23.8. The fourth-order valence-electron chi connectivity index (χ4n) is 3.74. The van der Waals surface area contributed by atoms with Gasteiger partial charge >= 0.3 is 0 Å². The lowest BCUT2D eigenvalue weighted by Gasteiger charge is -2.14. The largest absolute Gasteiger partial charge is 0.394 e. The van der Waals surface area contributed by atoms with E-state index in [1.54, 1.807) is 20.0 Å². The van der Waals surface area contributed by atoms with E-state index in [-0.39, 0.29) is 17.7 Å². The van der Waals surface area contributed by atoms with Crippen LogP contribution in [0.1, 0.15) is 32.3 Å². The van der Waals surface area contributed by atoms with E-state index in [0.717, 1.165) is 30.0 Å². The summed E-state index contributed by atoms with van der Waals surface area (Å²) in [5.74, 6) is -0.605. The third-order valence-corrected chi connectivity index (χ3v) is 6.80. The molecule has 2 aromatic rings. The first-order valence-electron chi connectivity index (χ1n) is 11.3. The highest BCUT2D eigenvalue weighted by Gasteiger charge is 2.17. The van der Waals surface area contributed by atoms with E-state index < -0.39 is 11.9 Å². The van der Waals surface area contributed by atoms with Gasteiger partial charge in [0.15, 0.2) is 5.57 Å². The molecule has 1 aliphatic rings. The molecule has 1 atom stereocenters. The van der Waals surface area contributed by atoms with Gasteiger partial charge in [0.2, 0.25) is 0 Å². The number of nitrogens with zero attached hydrogens (tertiary/aromatic N) is 3. The Kier molecular flexibility index (Phi) is 8.83. The predicted octanol–water partition coefficient (Wildman–Crippen LogP) is 0.589. The Balaban J connectivity index is 1.80. The van der Waals surface area contributed by atoms with E-state index in [1.165, 1.54) is 36.1 Å². The van der Waals surface area contributed by atoms with Gasteiger partial charge in [0.05, 0.1) is 6.61 Å². The molecule has 2 heterocycles. The molecule has 0 unspecified atom stereocenters. The highest BCUT2D eigenvalue weighted by atomic mass is 32.1. The lowest BCUT2D eigenvalue weighted by atomic mass is 10.1. The predicted molar refractivity (Wildman–Crippen MR) is 131 cm³/mol. The smallest absolute Gasteiger partial charge is 0.270 e. The van der Waals surface area contributed by atoms with Crippen molar-refractivity contribution in [1.29, 1.82) is 5.26 Å². The summed E-state index contributed by atoms with van der Waals surface area (Å²) in [6.07, 6.45) is 5.22.